The topological polar surface area (TPSA) is 58.4 Å². The Morgan fingerprint density at radius 1 is 1.29 bits per heavy atom. The number of carbonyl (C=O) groups is 1. The maximum Gasteiger partial charge on any atom is 0.253 e. The maximum absolute atomic E-state index is 11.7. The SMILES string of the molecule is CN(C)C(=O)c1ccc(NCC(C)(C)N)cc1. The Bertz CT molecular complexity index is 377. The van der Waals surface area contributed by atoms with Crippen LogP contribution in [0.3, 0.4) is 0 Å². The zero-order valence-electron chi connectivity index (χ0n) is 10.9. The Morgan fingerprint density at radius 3 is 2.24 bits per heavy atom. The maximum atomic E-state index is 11.7. The van der Waals surface area contributed by atoms with Crippen LogP contribution in [0.4, 0.5) is 5.69 Å². The highest BCUT2D eigenvalue weighted by Gasteiger charge is 2.10. The van der Waals surface area contributed by atoms with Crippen LogP contribution in [0.25, 0.3) is 0 Å². The third-order valence-corrected chi connectivity index (χ3v) is 2.29. The average Bonchev–Trinajstić information content (AvgIpc) is 2.25. The first kappa shape index (κ1) is 13.5. The molecule has 0 aliphatic heterocycles. The molecule has 0 bridgehead atoms. The summed E-state index contributed by atoms with van der Waals surface area (Å²) < 4.78 is 0. The molecule has 0 spiro atoms. The van der Waals surface area contributed by atoms with E-state index < -0.39 is 0 Å². The van der Waals surface area contributed by atoms with E-state index in [0.717, 1.165) is 5.69 Å². The summed E-state index contributed by atoms with van der Waals surface area (Å²) in [5.41, 5.74) is 7.28. The lowest BCUT2D eigenvalue weighted by Crippen LogP contribution is -2.39. The van der Waals surface area contributed by atoms with E-state index in [2.05, 4.69) is 5.32 Å². The van der Waals surface area contributed by atoms with E-state index in [-0.39, 0.29) is 11.4 Å². The predicted molar refractivity (Wildman–Crippen MR) is 71.2 cm³/mol. The number of nitrogens with two attached hydrogens (primary N) is 1. The number of carbonyl (C=O) groups excluding carboxylic acids is 1. The molecule has 1 aromatic carbocycles. The zero-order chi connectivity index (χ0) is 13.1. The minimum atomic E-state index is -0.252. The Morgan fingerprint density at radius 2 is 1.82 bits per heavy atom. The summed E-state index contributed by atoms with van der Waals surface area (Å²) in [6.07, 6.45) is 0. The third-order valence-electron chi connectivity index (χ3n) is 2.29. The van der Waals surface area contributed by atoms with Crippen molar-refractivity contribution in [2.75, 3.05) is 26.0 Å². The highest BCUT2D eigenvalue weighted by Crippen LogP contribution is 2.11. The van der Waals surface area contributed by atoms with Crippen LogP contribution in [0.2, 0.25) is 0 Å². The normalized spacial score (nSPS) is 11.1. The van der Waals surface area contributed by atoms with Crippen molar-refractivity contribution in [2.24, 2.45) is 5.73 Å². The summed E-state index contributed by atoms with van der Waals surface area (Å²) in [4.78, 5) is 13.2. The van der Waals surface area contributed by atoms with Crippen molar-refractivity contribution in [3.8, 4) is 0 Å². The van der Waals surface area contributed by atoms with Crippen molar-refractivity contribution in [1.82, 2.24) is 4.90 Å². The molecule has 1 aromatic rings. The van der Waals surface area contributed by atoms with E-state index in [1.165, 1.54) is 0 Å². The van der Waals surface area contributed by atoms with Gasteiger partial charge in [0.15, 0.2) is 0 Å². The Hall–Kier alpha value is -1.55. The Labute approximate surface area is 103 Å². The number of anilines is 1. The second kappa shape index (κ2) is 5.19. The first-order valence-corrected chi connectivity index (χ1v) is 5.64. The molecule has 0 radical (unpaired) electrons. The quantitative estimate of drug-likeness (QED) is 0.832. The van der Waals surface area contributed by atoms with E-state index in [4.69, 9.17) is 5.73 Å². The van der Waals surface area contributed by atoms with Gasteiger partial charge in [-0.2, -0.15) is 0 Å². The van der Waals surface area contributed by atoms with Gasteiger partial charge < -0.3 is 16.0 Å². The van der Waals surface area contributed by atoms with Crippen molar-refractivity contribution < 1.29 is 4.79 Å². The molecular formula is C13H21N3O. The van der Waals surface area contributed by atoms with Crippen LogP contribution in [0.15, 0.2) is 24.3 Å². The van der Waals surface area contributed by atoms with Gasteiger partial charge >= 0.3 is 0 Å². The molecule has 0 aliphatic carbocycles. The number of rotatable bonds is 4. The number of nitrogens with one attached hydrogen (secondary N) is 1. The first-order chi connectivity index (χ1) is 7.79. The van der Waals surface area contributed by atoms with Gasteiger partial charge in [0.05, 0.1) is 0 Å². The lowest BCUT2D eigenvalue weighted by Gasteiger charge is -2.20. The second-order valence-electron chi connectivity index (χ2n) is 5.12. The standard InChI is InChI=1S/C13H21N3O/c1-13(2,14)9-15-11-7-5-10(6-8-11)12(17)16(3)4/h5-8,15H,9,14H2,1-4H3. The third kappa shape index (κ3) is 4.44. The van der Waals surface area contributed by atoms with E-state index in [0.29, 0.717) is 12.1 Å². The monoisotopic (exact) mass is 235 g/mol. The average molecular weight is 235 g/mol. The molecule has 1 amide bonds. The van der Waals surface area contributed by atoms with Crippen LogP contribution in [0.1, 0.15) is 24.2 Å². The molecule has 4 heteroatoms. The molecule has 3 N–H and O–H groups in total. The number of hydrogen-bond donors (Lipinski definition) is 2. The van der Waals surface area contributed by atoms with Crippen LogP contribution < -0.4 is 11.1 Å². The fraction of sp³-hybridized carbons (Fsp3) is 0.462. The smallest absolute Gasteiger partial charge is 0.253 e. The fourth-order valence-corrected chi connectivity index (χ4v) is 1.32. The van der Waals surface area contributed by atoms with Gasteiger partial charge in [-0.05, 0) is 38.1 Å². The Kier molecular flexibility index (Phi) is 4.12. The molecule has 4 nitrogen and oxygen atoms in total. The summed E-state index contributed by atoms with van der Waals surface area (Å²) in [7, 11) is 3.48. The highest BCUT2D eigenvalue weighted by molar-refractivity contribution is 5.94. The van der Waals surface area contributed by atoms with Gasteiger partial charge in [0.2, 0.25) is 0 Å². The van der Waals surface area contributed by atoms with Gasteiger partial charge in [0.25, 0.3) is 5.91 Å². The van der Waals surface area contributed by atoms with Crippen molar-refractivity contribution >= 4 is 11.6 Å². The van der Waals surface area contributed by atoms with Gasteiger partial charge in [-0.25, -0.2) is 0 Å². The van der Waals surface area contributed by atoms with Gasteiger partial charge in [-0.3, -0.25) is 4.79 Å². The van der Waals surface area contributed by atoms with Gasteiger partial charge in [0, 0.05) is 37.4 Å². The molecule has 0 atom stereocenters. The molecule has 17 heavy (non-hydrogen) atoms. The summed E-state index contributed by atoms with van der Waals surface area (Å²) >= 11 is 0. The van der Waals surface area contributed by atoms with Crippen LogP contribution in [0.5, 0.6) is 0 Å². The summed E-state index contributed by atoms with van der Waals surface area (Å²) in [6.45, 7) is 4.61. The van der Waals surface area contributed by atoms with Crippen LogP contribution in [-0.2, 0) is 0 Å². The molecule has 94 valence electrons. The molecule has 0 saturated carbocycles. The molecule has 0 saturated heterocycles. The van der Waals surface area contributed by atoms with Gasteiger partial charge in [-0.15, -0.1) is 0 Å². The molecular weight excluding hydrogens is 214 g/mol. The van der Waals surface area contributed by atoms with Crippen LogP contribution in [-0.4, -0.2) is 37.0 Å². The van der Waals surface area contributed by atoms with Crippen LogP contribution in [0, 0.1) is 0 Å². The highest BCUT2D eigenvalue weighted by atomic mass is 16.2. The molecule has 0 unspecified atom stereocenters. The minimum absolute atomic E-state index is 0.00991. The number of nitrogens with zero attached hydrogens (tertiary/aromatic N) is 1. The minimum Gasteiger partial charge on any atom is -0.383 e. The number of benzene rings is 1. The fourth-order valence-electron chi connectivity index (χ4n) is 1.32. The van der Waals surface area contributed by atoms with Gasteiger partial charge in [0.1, 0.15) is 0 Å². The van der Waals surface area contributed by atoms with E-state index >= 15 is 0 Å². The van der Waals surface area contributed by atoms with Gasteiger partial charge in [-0.1, -0.05) is 0 Å². The number of amides is 1. The summed E-state index contributed by atoms with van der Waals surface area (Å²) in [5, 5.41) is 3.23. The molecule has 1 rings (SSSR count). The number of hydrogen-bond acceptors (Lipinski definition) is 3. The molecule has 0 aliphatic rings. The van der Waals surface area contributed by atoms with Crippen molar-refractivity contribution in [3.05, 3.63) is 29.8 Å². The summed E-state index contributed by atoms with van der Waals surface area (Å²) in [6, 6.07) is 7.41. The van der Waals surface area contributed by atoms with Crippen molar-refractivity contribution in [2.45, 2.75) is 19.4 Å². The van der Waals surface area contributed by atoms with E-state index in [1.54, 1.807) is 19.0 Å². The van der Waals surface area contributed by atoms with Crippen molar-refractivity contribution in [1.29, 1.82) is 0 Å². The largest absolute Gasteiger partial charge is 0.383 e. The lowest BCUT2D eigenvalue weighted by molar-refractivity contribution is 0.0827. The lowest BCUT2D eigenvalue weighted by atomic mass is 10.1. The van der Waals surface area contributed by atoms with Crippen molar-refractivity contribution in [3.63, 3.8) is 0 Å². The predicted octanol–water partition coefficient (Wildman–Crippen LogP) is 1.54. The second-order valence-corrected chi connectivity index (χ2v) is 5.12. The van der Waals surface area contributed by atoms with Crippen LogP contribution >= 0.6 is 0 Å². The van der Waals surface area contributed by atoms with E-state index in [1.807, 2.05) is 38.1 Å². The molecule has 0 aromatic heterocycles. The summed E-state index contributed by atoms with van der Waals surface area (Å²) in [5.74, 6) is 0.00991. The zero-order valence-corrected chi connectivity index (χ0v) is 10.9. The van der Waals surface area contributed by atoms with E-state index in [9.17, 15) is 4.79 Å². The Balaban J connectivity index is 2.66. The first-order valence-electron chi connectivity index (χ1n) is 5.64. The molecule has 0 heterocycles. The molecule has 0 fully saturated rings.